The predicted molar refractivity (Wildman–Crippen MR) is 256 cm³/mol. The maximum atomic E-state index is 13.7. The molecule has 6 aliphatic carbocycles. The van der Waals surface area contributed by atoms with Crippen molar-refractivity contribution in [3.05, 3.63) is 68.5 Å². The molecule has 4 N–H and O–H groups in total. The molecule has 0 aromatic carbocycles. The second-order valence-electron chi connectivity index (χ2n) is 21.8. The minimum absolute atomic E-state index is 0.0276. The summed E-state index contributed by atoms with van der Waals surface area (Å²) in [6, 6.07) is 0. The number of carbonyl (C=O) groups excluding carboxylic acids is 4. The molecule has 67 heavy (non-hydrogen) atoms. The maximum Gasteiger partial charge on any atom is 0.342 e. The number of hydrogen-bond donors (Lipinski definition) is 4. The van der Waals surface area contributed by atoms with Crippen molar-refractivity contribution < 1.29 is 48.4 Å². The summed E-state index contributed by atoms with van der Waals surface area (Å²) < 4.78 is 17.5. The van der Waals surface area contributed by atoms with E-state index in [2.05, 4.69) is 44.8 Å². The lowest BCUT2D eigenvalue weighted by Crippen LogP contribution is -2.54. The second-order valence-corrected chi connectivity index (χ2v) is 22.6. The molecule has 5 fully saturated rings. The van der Waals surface area contributed by atoms with Gasteiger partial charge in [-0.2, -0.15) is 0 Å². The lowest BCUT2D eigenvalue weighted by molar-refractivity contribution is -0.153. The van der Waals surface area contributed by atoms with Gasteiger partial charge in [0.2, 0.25) is 11.6 Å². The van der Waals surface area contributed by atoms with E-state index in [1.54, 1.807) is 6.20 Å². The van der Waals surface area contributed by atoms with Gasteiger partial charge in [-0.25, -0.2) is 9.59 Å². The molecule has 11 rings (SSSR count). The first-order valence-electron chi connectivity index (χ1n) is 25.0. The highest BCUT2D eigenvalue weighted by Gasteiger charge is 2.64. The molecule has 0 spiro atoms. The van der Waals surface area contributed by atoms with Gasteiger partial charge in [-0.05, 0) is 139 Å². The van der Waals surface area contributed by atoms with Crippen LogP contribution < -0.4 is 5.32 Å². The van der Waals surface area contributed by atoms with E-state index < -0.39 is 35.0 Å². The quantitative estimate of drug-likeness (QED) is 0.129. The normalized spacial score (nSPS) is 39.7. The fourth-order valence-corrected chi connectivity index (χ4v) is 15.2. The Morgan fingerprint density at radius 1 is 0.746 bits per heavy atom. The van der Waals surface area contributed by atoms with Gasteiger partial charge in [-0.1, -0.05) is 41.5 Å². The number of rotatable bonds is 3. The third-order valence-electron chi connectivity index (χ3n) is 18.1. The van der Waals surface area contributed by atoms with Crippen LogP contribution in [0.25, 0.3) is 0 Å². The lowest BCUT2D eigenvalue weighted by Gasteiger charge is -2.54. The number of ether oxygens (including phenoxy) is 2. The van der Waals surface area contributed by atoms with E-state index in [0.29, 0.717) is 47.3 Å². The number of nitrogens with one attached hydrogen (secondary N) is 1. The van der Waals surface area contributed by atoms with Crippen LogP contribution >= 0.6 is 23.2 Å². The van der Waals surface area contributed by atoms with E-state index in [4.69, 9.17) is 37.1 Å². The summed E-state index contributed by atoms with van der Waals surface area (Å²) in [6.07, 6.45) is 12.3. The number of halogens is 2. The number of aliphatic hydroxyl groups excluding tert-OH is 3. The Morgan fingerprint density at radius 3 is 1.75 bits per heavy atom. The highest BCUT2D eigenvalue weighted by atomic mass is 35.5. The summed E-state index contributed by atoms with van der Waals surface area (Å²) in [6.45, 7) is 20.8. The zero-order valence-corrected chi connectivity index (χ0v) is 42.2. The summed E-state index contributed by atoms with van der Waals surface area (Å²) in [5.41, 5.74) is 3.54. The summed E-state index contributed by atoms with van der Waals surface area (Å²) in [7, 11) is 0. The van der Waals surface area contributed by atoms with Gasteiger partial charge in [-0.3, -0.25) is 9.59 Å². The number of Topliss-reactive ketones (excluding diaryl/α,β-unsaturated/α-hetero) is 2. The molecule has 0 unspecified atom stereocenters. The van der Waals surface area contributed by atoms with Crippen molar-refractivity contribution in [1.82, 2.24) is 10.2 Å². The van der Waals surface area contributed by atoms with Crippen LogP contribution in [0.4, 0.5) is 0 Å². The van der Waals surface area contributed by atoms with Crippen molar-refractivity contribution in [2.45, 2.75) is 162 Å². The minimum Gasteiger partial charge on any atom is -0.504 e. The van der Waals surface area contributed by atoms with Crippen LogP contribution in [0.2, 0.25) is 0 Å². The number of alkyl halides is 2. The number of likely N-dealkylation sites (tertiary alicyclic amines) is 1. The van der Waals surface area contributed by atoms with Crippen molar-refractivity contribution in [2.75, 3.05) is 31.5 Å². The molecule has 10 aliphatic rings. The van der Waals surface area contributed by atoms with Gasteiger partial charge in [-0.15, -0.1) is 23.2 Å². The average Bonchev–Trinajstić information content (AvgIpc) is 4.16. The topological polar surface area (TPSA) is 176 Å². The zero-order chi connectivity index (χ0) is 48.5. The highest BCUT2D eigenvalue weighted by molar-refractivity contribution is 6.40. The van der Waals surface area contributed by atoms with Crippen LogP contribution in [-0.4, -0.2) is 99.7 Å². The third kappa shape index (κ3) is 7.62. The number of furan rings is 1. The fraction of sp³-hybridized carbons (Fsp3) is 0.698. The van der Waals surface area contributed by atoms with Crippen LogP contribution in [0.3, 0.4) is 0 Å². The van der Waals surface area contributed by atoms with Crippen molar-refractivity contribution in [2.24, 2.45) is 39.9 Å². The Labute approximate surface area is 405 Å². The number of nitrogens with zero attached hydrogens (tertiary/aromatic N) is 1. The number of fused-ring (bicyclic) bond motifs is 7. The maximum absolute atomic E-state index is 13.7. The van der Waals surface area contributed by atoms with Crippen LogP contribution in [-0.2, 0) is 24.5 Å². The lowest BCUT2D eigenvalue weighted by atomic mass is 9.51. The molecule has 0 amide bonds. The highest BCUT2D eigenvalue weighted by Crippen LogP contribution is 2.66. The number of hydrogen-bond acceptors (Lipinski definition) is 12. The number of carbonyl (C=O) groups is 4. The molecule has 368 valence electrons. The first-order chi connectivity index (χ1) is 31.8. The van der Waals surface area contributed by atoms with E-state index >= 15 is 0 Å². The Bertz CT molecular complexity index is 2300. The van der Waals surface area contributed by atoms with Crippen molar-refractivity contribution in [1.29, 1.82) is 0 Å². The summed E-state index contributed by atoms with van der Waals surface area (Å²) in [5.74, 6) is -1.19. The van der Waals surface area contributed by atoms with E-state index in [1.165, 1.54) is 32.2 Å². The van der Waals surface area contributed by atoms with Gasteiger partial charge in [0.25, 0.3) is 0 Å². The molecule has 3 saturated heterocycles. The van der Waals surface area contributed by atoms with E-state index in [1.807, 2.05) is 20.8 Å². The first-order valence-corrected chi connectivity index (χ1v) is 26.1. The van der Waals surface area contributed by atoms with Crippen molar-refractivity contribution in [3.63, 3.8) is 0 Å². The smallest absolute Gasteiger partial charge is 0.342 e. The van der Waals surface area contributed by atoms with Crippen LogP contribution in [0.5, 0.6) is 0 Å². The van der Waals surface area contributed by atoms with Gasteiger partial charge in [0, 0.05) is 52.4 Å². The standard InChI is InChI=1S/C26H35NO5.C22H26O5.C4H9N.CH2Cl2/c1-5-18-26(4)20-14(2)12-25(3)16(8-9-17(25)28)19(20)22(29)23(30)21(26)15(24(31)32-18)13-27-10-6-7-11-27;1-5-14-22(4)16-10(2)8-21(3)12(6-7-13(21)23)15(16)18(24)19-17(22)11(9-26-19)20(25)27-14;1-2-4-5-3-1;2-1-3/h13-14,16-18,28,30H,5-12H2,1-4H3;9-10,12-14,23H,5-8H2,1-4H3;5H,1-4H2;1H2/b15-13+;;;/t14-,16+,17+,18-,25+,26-;10-,12+,13+,14-,21+,22-;;/m11../s1. The summed E-state index contributed by atoms with van der Waals surface area (Å²) in [5, 5.41) is 36.3. The molecule has 12 nitrogen and oxygen atoms in total. The number of ketones is 2. The van der Waals surface area contributed by atoms with Crippen LogP contribution in [0, 0.1) is 39.9 Å². The van der Waals surface area contributed by atoms with E-state index in [9.17, 15) is 34.5 Å². The molecular formula is C53H72Cl2N2O10. The van der Waals surface area contributed by atoms with Gasteiger partial charge < -0.3 is 39.4 Å². The molecule has 1 aromatic rings. The van der Waals surface area contributed by atoms with Gasteiger partial charge in [0.05, 0.1) is 34.0 Å². The number of aliphatic hydroxyl groups is 3. The SMILES string of the molecule is C1CCNC1.CC[C@H]1OC(=O)/C(=C/N2CCCC2)C2=C(O)C(=O)C3=C([C@H](C)C[C@]4(C)[C@@H](O)CC[C@@H]34)[C@]21C.CC[C@H]1OC(=O)c2coc3c2[C@@]1(C)C1=C(C3=O)[C@@H]2CC[C@H](O)[C@@]2(C)C[C@H]1C.ClCCl. The van der Waals surface area contributed by atoms with Gasteiger partial charge >= 0.3 is 11.9 Å². The molecular weight excluding hydrogens is 895 g/mol. The zero-order valence-electron chi connectivity index (χ0n) is 40.7. The Morgan fingerprint density at radius 2 is 1.24 bits per heavy atom. The van der Waals surface area contributed by atoms with Gasteiger partial charge in [0.1, 0.15) is 24.0 Å². The number of esters is 2. The van der Waals surface area contributed by atoms with Crippen molar-refractivity contribution in [3.8, 4) is 0 Å². The molecule has 1 aromatic heterocycles. The number of cyclic esters (lactones) is 2. The van der Waals surface area contributed by atoms with Crippen molar-refractivity contribution >= 4 is 46.7 Å². The first kappa shape index (κ1) is 50.0. The molecule has 4 aliphatic heterocycles. The minimum atomic E-state index is -0.754. The fourth-order valence-electron chi connectivity index (χ4n) is 15.2. The average molecular weight is 968 g/mol. The second kappa shape index (κ2) is 18.7. The third-order valence-corrected chi connectivity index (χ3v) is 18.1. The molecule has 12 atom stereocenters. The molecule has 5 heterocycles. The summed E-state index contributed by atoms with van der Waals surface area (Å²) >= 11 is 9.53. The monoisotopic (exact) mass is 966 g/mol. The van der Waals surface area contributed by atoms with E-state index in [0.717, 1.165) is 80.3 Å². The Balaban J connectivity index is 0.000000157. The summed E-state index contributed by atoms with van der Waals surface area (Å²) in [4.78, 5) is 54.9. The Hall–Kier alpha value is -3.42. The van der Waals surface area contributed by atoms with Crippen LogP contribution in [0.1, 0.15) is 159 Å². The molecule has 0 radical (unpaired) electrons. The van der Waals surface area contributed by atoms with Gasteiger partial charge in [0.15, 0.2) is 11.5 Å². The van der Waals surface area contributed by atoms with Crippen LogP contribution in [0.15, 0.2) is 56.1 Å². The Kier molecular flexibility index (Phi) is 14.0. The largest absolute Gasteiger partial charge is 0.504 e. The predicted octanol–water partition coefficient (Wildman–Crippen LogP) is 9.40. The molecule has 2 saturated carbocycles. The molecule has 0 bridgehead atoms. The molecule has 14 heteroatoms. The van der Waals surface area contributed by atoms with E-state index in [-0.39, 0.29) is 69.4 Å². The number of allylic oxidation sites excluding steroid dienone is 2.